The van der Waals surface area contributed by atoms with Gasteiger partial charge in [0.15, 0.2) is 10.2 Å². The molecule has 1 N–H and O–H groups in total. The molecule has 0 spiro atoms. The standard InChI is InChI=1S/C14H18N2O3S2/c1-10(17)20-8-6-5-7-11-9-15-12(21-11)16-13(18)19-14(2,3)4/h9H,6,8H2,1-4H3,(H,15,16,18). The van der Waals surface area contributed by atoms with Crippen LogP contribution in [0, 0.1) is 11.8 Å². The summed E-state index contributed by atoms with van der Waals surface area (Å²) in [4.78, 5) is 27.1. The maximum Gasteiger partial charge on any atom is 0.413 e. The highest BCUT2D eigenvalue weighted by atomic mass is 32.2. The van der Waals surface area contributed by atoms with Crippen LogP contribution in [0.5, 0.6) is 0 Å². The van der Waals surface area contributed by atoms with Crippen LogP contribution >= 0.6 is 23.1 Å². The van der Waals surface area contributed by atoms with Crippen molar-refractivity contribution < 1.29 is 14.3 Å². The van der Waals surface area contributed by atoms with E-state index in [2.05, 4.69) is 22.1 Å². The number of hydrogen-bond acceptors (Lipinski definition) is 6. The van der Waals surface area contributed by atoms with E-state index in [1.807, 2.05) is 0 Å². The highest BCUT2D eigenvalue weighted by Gasteiger charge is 2.17. The van der Waals surface area contributed by atoms with Gasteiger partial charge in [-0.1, -0.05) is 34.9 Å². The highest BCUT2D eigenvalue weighted by Crippen LogP contribution is 2.18. The molecule has 1 aromatic heterocycles. The van der Waals surface area contributed by atoms with E-state index < -0.39 is 11.7 Å². The number of hydrogen-bond donors (Lipinski definition) is 1. The first kappa shape index (κ1) is 17.5. The van der Waals surface area contributed by atoms with E-state index in [0.29, 0.717) is 17.3 Å². The number of ether oxygens (including phenoxy) is 1. The van der Waals surface area contributed by atoms with Crippen molar-refractivity contribution in [2.75, 3.05) is 11.1 Å². The largest absolute Gasteiger partial charge is 0.444 e. The van der Waals surface area contributed by atoms with Crippen molar-refractivity contribution >= 4 is 39.4 Å². The molecule has 5 nitrogen and oxygen atoms in total. The zero-order valence-corrected chi connectivity index (χ0v) is 14.1. The number of nitrogens with zero attached hydrogens (tertiary/aromatic N) is 1. The van der Waals surface area contributed by atoms with E-state index in [9.17, 15) is 9.59 Å². The molecule has 0 aliphatic carbocycles. The number of amides is 1. The Morgan fingerprint density at radius 1 is 1.48 bits per heavy atom. The van der Waals surface area contributed by atoms with Crippen molar-refractivity contribution in [1.82, 2.24) is 4.98 Å². The molecule has 7 heteroatoms. The molecule has 0 atom stereocenters. The SMILES string of the molecule is CC(=O)SCCC#Cc1cnc(NC(=O)OC(C)(C)C)s1. The van der Waals surface area contributed by atoms with Crippen LogP contribution in [0.25, 0.3) is 0 Å². The smallest absolute Gasteiger partial charge is 0.413 e. The molecule has 0 radical (unpaired) electrons. The van der Waals surface area contributed by atoms with Crippen molar-refractivity contribution in [3.8, 4) is 11.8 Å². The minimum absolute atomic E-state index is 0.0958. The van der Waals surface area contributed by atoms with Crippen LogP contribution in [-0.2, 0) is 9.53 Å². The van der Waals surface area contributed by atoms with E-state index >= 15 is 0 Å². The number of carbonyl (C=O) groups excluding carboxylic acids is 2. The predicted octanol–water partition coefficient (Wildman–Crippen LogP) is 3.51. The van der Waals surface area contributed by atoms with Gasteiger partial charge in [0.05, 0.1) is 11.1 Å². The third-order valence-corrected chi connectivity index (χ3v) is 3.50. The Balaban J connectivity index is 2.45. The quantitative estimate of drug-likeness (QED) is 0.680. The molecular formula is C14H18N2O3S2. The molecule has 0 unspecified atom stereocenters. The van der Waals surface area contributed by atoms with Gasteiger partial charge in [0.25, 0.3) is 0 Å². The summed E-state index contributed by atoms with van der Waals surface area (Å²) in [6.07, 6.45) is 1.70. The Labute approximate surface area is 132 Å². The Morgan fingerprint density at radius 3 is 2.81 bits per heavy atom. The van der Waals surface area contributed by atoms with Gasteiger partial charge in [0, 0.05) is 19.1 Å². The zero-order valence-electron chi connectivity index (χ0n) is 12.5. The van der Waals surface area contributed by atoms with Crippen molar-refractivity contribution in [2.24, 2.45) is 0 Å². The molecule has 0 aromatic carbocycles. The molecule has 21 heavy (non-hydrogen) atoms. The van der Waals surface area contributed by atoms with Crippen molar-refractivity contribution in [1.29, 1.82) is 0 Å². The maximum absolute atomic E-state index is 11.6. The zero-order chi connectivity index (χ0) is 15.9. The van der Waals surface area contributed by atoms with Gasteiger partial charge in [-0.15, -0.1) is 0 Å². The maximum atomic E-state index is 11.6. The fourth-order valence-electron chi connectivity index (χ4n) is 1.18. The lowest BCUT2D eigenvalue weighted by molar-refractivity contribution is -0.109. The van der Waals surface area contributed by atoms with Gasteiger partial charge in [-0.3, -0.25) is 10.1 Å². The minimum atomic E-state index is -0.543. The van der Waals surface area contributed by atoms with Gasteiger partial charge < -0.3 is 4.74 Å². The Bertz CT molecular complexity index is 565. The lowest BCUT2D eigenvalue weighted by Crippen LogP contribution is -2.27. The fraction of sp³-hybridized carbons (Fsp3) is 0.500. The molecule has 0 aliphatic rings. The van der Waals surface area contributed by atoms with Crippen molar-refractivity contribution in [2.45, 2.75) is 39.7 Å². The third-order valence-electron chi connectivity index (χ3n) is 1.86. The Kier molecular flexibility index (Phi) is 6.72. The number of thioether (sulfide) groups is 1. The lowest BCUT2D eigenvalue weighted by atomic mass is 10.2. The van der Waals surface area contributed by atoms with Gasteiger partial charge in [-0.25, -0.2) is 9.78 Å². The Morgan fingerprint density at radius 2 is 2.19 bits per heavy atom. The average Bonchev–Trinajstić information content (AvgIpc) is 2.73. The minimum Gasteiger partial charge on any atom is -0.444 e. The first-order valence-electron chi connectivity index (χ1n) is 6.34. The van der Waals surface area contributed by atoms with Crippen LogP contribution in [0.15, 0.2) is 6.20 Å². The first-order valence-corrected chi connectivity index (χ1v) is 8.14. The van der Waals surface area contributed by atoms with E-state index in [4.69, 9.17) is 4.74 Å². The summed E-state index contributed by atoms with van der Waals surface area (Å²) >= 11 is 2.54. The second-order valence-corrected chi connectivity index (χ2v) is 7.35. The molecule has 0 aliphatic heterocycles. The number of nitrogens with one attached hydrogen (secondary N) is 1. The monoisotopic (exact) mass is 326 g/mol. The van der Waals surface area contributed by atoms with Gasteiger partial charge in [-0.05, 0) is 20.8 Å². The highest BCUT2D eigenvalue weighted by molar-refractivity contribution is 8.13. The molecule has 114 valence electrons. The molecular weight excluding hydrogens is 308 g/mol. The second kappa shape index (κ2) is 8.05. The van der Waals surface area contributed by atoms with Gasteiger partial charge in [0.1, 0.15) is 5.60 Å². The Hall–Kier alpha value is -1.52. The van der Waals surface area contributed by atoms with E-state index in [-0.39, 0.29) is 5.12 Å². The normalized spacial score (nSPS) is 10.5. The van der Waals surface area contributed by atoms with Crippen LogP contribution < -0.4 is 5.32 Å². The number of rotatable bonds is 3. The number of carbonyl (C=O) groups is 2. The molecule has 0 saturated heterocycles. The second-order valence-electron chi connectivity index (χ2n) is 5.05. The van der Waals surface area contributed by atoms with Gasteiger partial charge >= 0.3 is 6.09 Å². The van der Waals surface area contributed by atoms with Crippen LogP contribution in [-0.4, -0.2) is 27.5 Å². The lowest BCUT2D eigenvalue weighted by Gasteiger charge is -2.18. The van der Waals surface area contributed by atoms with Gasteiger partial charge in [-0.2, -0.15) is 0 Å². The van der Waals surface area contributed by atoms with Crippen LogP contribution in [0.2, 0.25) is 0 Å². The summed E-state index contributed by atoms with van der Waals surface area (Å²) in [7, 11) is 0. The number of aromatic nitrogens is 1. The van der Waals surface area contributed by atoms with Crippen LogP contribution in [0.4, 0.5) is 9.93 Å². The van der Waals surface area contributed by atoms with Crippen LogP contribution in [0.3, 0.4) is 0 Å². The average molecular weight is 326 g/mol. The van der Waals surface area contributed by atoms with Crippen molar-refractivity contribution in [3.63, 3.8) is 0 Å². The summed E-state index contributed by atoms with van der Waals surface area (Å²) < 4.78 is 5.13. The molecule has 1 rings (SSSR count). The summed E-state index contributed by atoms with van der Waals surface area (Å²) in [6.45, 7) is 6.93. The summed E-state index contributed by atoms with van der Waals surface area (Å²) in [5, 5.41) is 3.11. The molecule has 0 fully saturated rings. The molecule has 0 saturated carbocycles. The summed E-state index contributed by atoms with van der Waals surface area (Å²) in [5.41, 5.74) is -0.543. The third kappa shape index (κ3) is 8.38. The van der Waals surface area contributed by atoms with Crippen LogP contribution in [0.1, 0.15) is 39.0 Å². The molecule has 1 amide bonds. The van der Waals surface area contributed by atoms with E-state index in [0.717, 1.165) is 4.88 Å². The summed E-state index contributed by atoms with van der Waals surface area (Å²) in [5.74, 6) is 6.60. The number of anilines is 1. The first-order chi connectivity index (χ1) is 9.76. The molecule has 0 bridgehead atoms. The van der Waals surface area contributed by atoms with E-state index in [1.54, 1.807) is 27.0 Å². The predicted molar refractivity (Wildman–Crippen MR) is 86.6 cm³/mol. The number of thiazole rings is 1. The topological polar surface area (TPSA) is 68.3 Å². The molecule has 1 aromatic rings. The summed E-state index contributed by atoms with van der Waals surface area (Å²) in [6, 6.07) is 0. The fourth-order valence-corrected chi connectivity index (χ4v) is 2.34. The molecule has 1 heterocycles. The van der Waals surface area contributed by atoms with Gasteiger partial charge in [0.2, 0.25) is 0 Å². The van der Waals surface area contributed by atoms with Crippen molar-refractivity contribution in [3.05, 3.63) is 11.1 Å². The van der Waals surface area contributed by atoms with E-state index in [1.165, 1.54) is 30.0 Å².